The number of rotatable bonds is 14. The zero-order valence-electron chi connectivity index (χ0n) is 37.1. The zero-order chi connectivity index (χ0) is 43.3. The second kappa shape index (κ2) is 18.9. The Kier molecular flexibility index (Phi) is 14.6. The van der Waals surface area contributed by atoms with E-state index >= 15 is 0 Å². The third kappa shape index (κ3) is 13.0. The van der Waals surface area contributed by atoms with Gasteiger partial charge in [-0.25, -0.2) is 24.2 Å². The van der Waals surface area contributed by atoms with Gasteiger partial charge in [0.05, 0.1) is 30.1 Å². The summed E-state index contributed by atoms with van der Waals surface area (Å²) in [5, 5.41) is 3.56. The highest BCUT2D eigenvalue weighted by atomic mass is 16.6. The topological polar surface area (TPSA) is 168 Å². The van der Waals surface area contributed by atoms with Crippen LogP contribution in [0.2, 0.25) is 0 Å². The van der Waals surface area contributed by atoms with Crippen LogP contribution in [0.4, 0.5) is 9.59 Å². The number of nitrogens with one attached hydrogen (secondary N) is 1. The zero-order valence-corrected chi connectivity index (χ0v) is 37.1. The van der Waals surface area contributed by atoms with Gasteiger partial charge < -0.3 is 38.6 Å². The van der Waals surface area contributed by atoms with Gasteiger partial charge in [-0.1, -0.05) is 33.6 Å². The molecule has 2 saturated heterocycles. The lowest BCUT2D eigenvalue weighted by molar-refractivity contribution is -0.160. The van der Waals surface area contributed by atoms with Crippen LogP contribution in [0.15, 0.2) is 18.5 Å². The lowest BCUT2D eigenvalue weighted by Crippen LogP contribution is -2.51. The summed E-state index contributed by atoms with van der Waals surface area (Å²) in [5.41, 5.74) is -0.483. The highest BCUT2D eigenvalue weighted by Crippen LogP contribution is 2.41. The fourth-order valence-corrected chi connectivity index (χ4v) is 7.57. The van der Waals surface area contributed by atoms with E-state index in [4.69, 9.17) is 33.4 Å². The van der Waals surface area contributed by atoms with Crippen LogP contribution in [0, 0.1) is 11.3 Å². The molecule has 2 aliphatic heterocycles. The monoisotopic (exact) mass is 825 g/mol. The molecular weight excluding hydrogens is 759 g/mol. The van der Waals surface area contributed by atoms with Gasteiger partial charge in [-0.15, -0.1) is 0 Å². The van der Waals surface area contributed by atoms with Crippen molar-refractivity contribution in [2.75, 3.05) is 33.8 Å². The number of aromatic nitrogens is 2. The number of nitrogens with zero attached hydrogens (tertiary/aromatic N) is 4. The van der Waals surface area contributed by atoms with Crippen molar-refractivity contribution in [3.8, 4) is 11.6 Å². The first kappa shape index (κ1) is 45.7. The first-order valence-corrected chi connectivity index (χ1v) is 21.2. The Labute approximate surface area is 349 Å². The molecule has 1 N–H and O–H groups in total. The standard InChI is InChI=1S/C44H67N5O10/c1-42(2,3)36(39(51)58-43(4,5)6)47-40(52)57-34-23-27(34)15-13-12-14-16-30-35(55-28-18-21-48(10)22-19-28)31-25-45-20-17-32(31)46-37(30)56-29-24-33(38(50)54-11)49(26-29)41(53)59-44(7,8)9/h17,20,25,27-29,33-34,36H,12-16,18-19,21-24,26H2,1-11H3,(H,47,52)/t27-,29-,33+,34-,36-/m1/s1. The van der Waals surface area contributed by atoms with Gasteiger partial charge in [0.25, 0.3) is 0 Å². The summed E-state index contributed by atoms with van der Waals surface area (Å²) in [6.07, 6.45) is 8.42. The lowest BCUT2D eigenvalue weighted by atomic mass is 9.86. The Morgan fingerprint density at radius 1 is 0.898 bits per heavy atom. The molecule has 59 heavy (non-hydrogen) atoms. The van der Waals surface area contributed by atoms with Crippen LogP contribution >= 0.6 is 0 Å². The average molecular weight is 826 g/mol. The van der Waals surface area contributed by atoms with Gasteiger partial charge >= 0.3 is 24.1 Å². The number of amides is 2. The molecule has 15 heteroatoms. The molecule has 0 bridgehead atoms. The molecule has 2 amide bonds. The van der Waals surface area contributed by atoms with Gasteiger partial charge in [-0.05, 0) is 105 Å². The number of ether oxygens (including phenoxy) is 6. The number of likely N-dealkylation sites (tertiary alicyclic amines) is 2. The largest absolute Gasteiger partial charge is 0.489 e. The normalized spacial score (nSPS) is 22.1. The summed E-state index contributed by atoms with van der Waals surface area (Å²) in [6, 6.07) is 0.122. The smallest absolute Gasteiger partial charge is 0.411 e. The number of fused-ring (bicyclic) bond motifs is 1. The fourth-order valence-electron chi connectivity index (χ4n) is 7.57. The Bertz CT molecular complexity index is 1790. The molecule has 5 atom stereocenters. The minimum Gasteiger partial charge on any atom is -0.489 e. The second-order valence-corrected chi connectivity index (χ2v) is 19.4. The van der Waals surface area contributed by atoms with Gasteiger partial charge in [0.2, 0.25) is 5.88 Å². The van der Waals surface area contributed by atoms with Crippen LogP contribution in [0.1, 0.15) is 119 Å². The number of piperidine rings is 1. The van der Waals surface area contributed by atoms with Crippen molar-refractivity contribution in [2.24, 2.45) is 11.3 Å². The molecule has 4 heterocycles. The number of methoxy groups -OCH3 is 1. The van der Waals surface area contributed by atoms with Crippen molar-refractivity contribution in [1.29, 1.82) is 0 Å². The highest BCUT2D eigenvalue weighted by Gasteiger charge is 2.45. The summed E-state index contributed by atoms with van der Waals surface area (Å²) < 4.78 is 35.5. The second-order valence-electron chi connectivity index (χ2n) is 19.4. The van der Waals surface area contributed by atoms with E-state index < -0.39 is 58.9 Å². The van der Waals surface area contributed by atoms with Crippen molar-refractivity contribution in [3.63, 3.8) is 0 Å². The molecule has 328 valence electrons. The fraction of sp³-hybridized carbons (Fsp3) is 0.727. The molecule has 15 nitrogen and oxygen atoms in total. The Morgan fingerprint density at radius 3 is 2.24 bits per heavy atom. The number of carbonyl (C=O) groups is 4. The van der Waals surface area contributed by atoms with Gasteiger partial charge in [0, 0.05) is 31.9 Å². The Morgan fingerprint density at radius 2 is 1.59 bits per heavy atom. The quantitative estimate of drug-likeness (QED) is 0.118. The lowest BCUT2D eigenvalue weighted by Gasteiger charge is -2.32. The summed E-state index contributed by atoms with van der Waals surface area (Å²) in [4.78, 5) is 65.0. The summed E-state index contributed by atoms with van der Waals surface area (Å²) in [6.45, 7) is 18.3. The van der Waals surface area contributed by atoms with Crippen LogP contribution in [-0.4, -0.2) is 119 Å². The van der Waals surface area contributed by atoms with Crippen molar-refractivity contribution < 1.29 is 47.6 Å². The molecule has 3 fully saturated rings. The van der Waals surface area contributed by atoms with E-state index in [1.807, 2.05) is 26.8 Å². The molecule has 3 aliphatic rings. The van der Waals surface area contributed by atoms with E-state index in [2.05, 4.69) is 22.2 Å². The maximum absolute atomic E-state index is 13.3. The molecule has 0 unspecified atom stereocenters. The minimum absolute atomic E-state index is 0.00765. The number of pyridine rings is 2. The third-order valence-corrected chi connectivity index (χ3v) is 10.8. The van der Waals surface area contributed by atoms with Gasteiger partial charge in [-0.2, -0.15) is 0 Å². The molecule has 0 radical (unpaired) electrons. The molecule has 0 spiro atoms. The van der Waals surface area contributed by atoms with Crippen molar-refractivity contribution in [3.05, 3.63) is 24.0 Å². The van der Waals surface area contributed by atoms with E-state index in [1.165, 1.54) is 12.0 Å². The van der Waals surface area contributed by atoms with Crippen LogP contribution in [-0.2, 0) is 35.0 Å². The van der Waals surface area contributed by atoms with E-state index in [1.54, 1.807) is 53.9 Å². The summed E-state index contributed by atoms with van der Waals surface area (Å²) >= 11 is 0. The SMILES string of the molecule is COC(=O)[C@@H]1C[C@@H](Oc2nc3ccncc3c(OC3CCN(C)CC3)c2CCCCC[C@@H]2C[C@H]2OC(=O)N[C@H](C(=O)OC(C)(C)C)C(C)(C)C)CN1C(=O)OC(C)(C)C. The number of esters is 2. The van der Waals surface area contributed by atoms with Gasteiger partial charge in [0.15, 0.2) is 0 Å². The first-order chi connectivity index (χ1) is 27.6. The molecule has 1 aliphatic carbocycles. The summed E-state index contributed by atoms with van der Waals surface area (Å²) in [7, 11) is 3.42. The van der Waals surface area contributed by atoms with Gasteiger partial charge in [-0.3, -0.25) is 9.88 Å². The number of carbonyl (C=O) groups excluding carboxylic acids is 4. The van der Waals surface area contributed by atoms with E-state index in [9.17, 15) is 19.2 Å². The van der Waals surface area contributed by atoms with E-state index in [0.29, 0.717) is 23.6 Å². The van der Waals surface area contributed by atoms with Crippen molar-refractivity contribution >= 4 is 35.0 Å². The van der Waals surface area contributed by atoms with Crippen molar-refractivity contribution in [2.45, 2.75) is 162 Å². The summed E-state index contributed by atoms with van der Waals surface area (Å²) in [5.74, 6) is 0.347. The van der Waals surface area contributed by atoms with E-state index in [0.717, 1.165) is 69.0 Å². The van der Waals surface area contributed by atoms with E-state index in [-0.39, 0.29) is 31.1 Å². The number of hydrogen-bond acceptors (Lipinski definition) is 13. The maximum Gasteiger partial charge on any atom is 0.411 e. The maximum atomic E-state index is 13.3. The number of hydrogen-bond donors (Lipinski definition) is 1. The molecular formula is C44H67N5O10. The first-order valence-electron chi connectivity index (χ1n) is 21.2. The molecule has 5 rings (SSSR count). The predicted molar refractivity (Wildman–Crippen MR) is 221 cm³/mol. The van der Waals surface area contributed by atoms with Crippen LogP contribution < -0.4 is 14.8 Å². The Balaban J connectivity index is 1.26. The van der Waals surface area contributed by atoms with Crippen LogP contribution in [0.25, 0.3) is 10.9 Å². The molecule has 0 aromatic carbocycles. The molecule has 2 aromatic heterocycles. The third-order valence-electron chi connectivity index (χ3n) is 10.8. The Hall–Kier alpha value is -4.40. The molecule has 2 aromatic rings. The van der Waals surface area contributed by atoms with Crippen LogP contribution in [0.5, 0.6) is 11.6 Å². The average Bonchev–Trinajstić information content (AvgIpc) is 3.72. The highest BCUT2D eigenvalue weighted by molar-refractivity contribution is 5.87. The molecule has 1 saturated carbocycles. The van der Waals surface area contributed by atoms with Crippen LogP contribution in [0.3, 0.4) is 0 Å². The van der Waals surface area contributed by atoms with Crippen molar-refractivity contribution in [1.82, 2.24) is 25.1 Å². The minimum atomic E-state index is -0.867. The number of alkyl carbamates (subject to hydrolysis) is 1. The number of unbranched alkanes of at least 4 members (excludes halogenated alkanes) is 2. The van der Waals surface area contributed by atoms with Gasteiger partial charge in [0.1, 0.15) is 47.3 Å². The predicted octanol–water partition coefficient (Wildman–Crippen LogP) is 7.01.